The average molecular weight is 622 g/mol. The summed E-state index contributed by atoms with van der Waals surface area (Å²) in [6, 6.07) is 24.9. The fourth-order valence-electron chi connectivity index (χ4n) is 7.63. The van der Waals surface area contributed by atoms with Crippen LogP contribution in [0.1, 0.15) is 62.1 Å². The Morgan fingerprint density at radius 1 is 1.04 bits per heavy atom. The van der Waals surface area contributed by atoms with Crippen LogP contribution in [-0.4, -0.2) is 55.3 Å². The summed E-state index contributed by atoms with van der Waals surface area (Å²) in [5.74, 6) is -0.903. The van der Waals surface area contributed by atoms with E-state index in [9.17, 15) is 19.8 Å². The predicted octanol–water partition coefficient (Wildman–Crippen LogP) is 4.35. The number of β-lactam (4-membered cyclic amide) rings is 1. The summed E-state index contributed by atoms with van der Waals surface area (Å²) < 4.78 is 8.63. The normalized spacial score (nSPS) is 24.8. The monoisotopic (exact) mass is 621 g/mol. The Bertz CT molecular complexity index is 1750. The molecular weight excluding hydrogens is 582 g/mol. The van der Waals surface area contributed by atoms with E-state index in [1.807, 2.05) is 85.8 Å². The van der Waals surface area contributed by atoms with E-state index in [2.05, 4.69) is 10.3 Å². The van der Waals surface area contributed by atoms with E-state index in [0.717, 1.165) is 28.1 Å². The van der Waals surface area contributed by atoms with Gasteiger partial charge in [-0.2, -0.15) is 0 Å². The molecule has 3 aromatic carbocycles. The van der Waals surface area contributed by atoms with Crippen molar-refractivity contribution < 1.29 is 24.5 Å². The van der Waals surface area contributed by atoms with Gasteiger partial charge in [0.2, 0.25) is 5.91 Å². The predicted molar refractivity (Wildman–Crippen MR) is 172 cm³/mol. The third-order valence-corrected chi connectivity index (χ3v) is 9.91. The highest BCUT2D eigenvalue weighted by molar-refractivity contribution is 6.08. The van der Waals surface area contributed by atoms with Crippen molar-refractivity contribution in [2.24, 2.45) is 11.8 Å². The van der Waals surface area contributed by atoms with E-state index in [-0.39, 0.29) is 11.8 Å². The second kappa shape index (κ2) is 11.5. The number of rotatable bonds is 9. The minimum Gasteiger partial charge on any atom is -0.390 e. The molecule has 46 heavy (non-hydrogen) atoms. The van der Waals surface area contributed by atoms with Crippen LogP contribution in [0.15, 0.2) is 85.1 Å². The van der Waals surface area contributed by atoms with Crippen molar-refractivity contribution in [1.82, 2.24) is 15.0 Å². The molecule has 3 aliphatic heterocycles. The van der Waals surface area contributed by atoms with E-state index in [0.29, 0.717) is 38.2 Å². The molecule has 238 valence electrons. The molecule has 5 atom stereocenters. The first kappa shape index (κ1) is 30.3. The number of nitrogens with zero attached hydrogens (tertiary/aromatic N) is 5. The number of benzene rings is 3. The molecule has 2 saturated heterocycles. The molecule has 0 aliphatic carbocycles. The summed E-state index contributed by atoms with van der Waals surface area (Å²) in [6.07, 6.45) is 1.28. The van der Waals surface area contributed by atoms with Crippen LogP contribution in [0.3, 0.4) is 0 Å². The van der Waals surface area contributed by atoms with E-state index in [1.54, 1.807) is 34.5 Å². The number of aliphatic hydroxyl groups is 2. The number of aliphatic hydroxyl groups excluding tert-OH is 1. The molecule has 4 heterocycles. The maximum Gasteiger partial charge on any atom is 0.264 e. The highest BCUT2D eigenvalue weighted by atomic mass is 16.5. The lowest BCUT2D eigenvalue weighted by atomic mass is 9.70. The van der Waals surface area contributed by atoms with Gasteiger partial charge in [-0.05, 0) is 49.6 Å². The highest BCUT2D eigenvalue weighted by Crippen LogP contribution is 2.58. The molecule has 0 saturated carbocycles. The molecule has 0 radical (unpaired) electrons. The minimum absolute atomic E-state index is 0.0525. The van der Waals surface area contributed by atoms with Crippen molar-refractivity contribution in [3.63, 3.8) is 0 Å². The molecule has 3 aliphatic rings. The third kappa shape index (κ3) is 5.01. The molecule has 10 nitrogen and oxygen atoms in total. The summed E-state index contributed by atoms with van der Waals surface area (Å²) >= 11 is 0. The van der Waals surface area contributed by atoms with Crippen molar-refractivity contribution in [2.45, 2.75) is 70.1 Å². The molecule has 10 heteroatoms. The number of carbonyl (C=O) groups is 2. The van der Waals surface area contributed by atoms with Gasteiger partial charge in [0, 0.05) is 42.6 Å². The van der Waals surface area contributed by atoms with Gasteiger partial charge in [-0.25, -0.2) is 0 Å². The van der Waals surface area contributed by atoms with Gasteiger partial charge in [0.1, 0.15) is 11.8 Å². The number of ether oxygens (including phenoxy) is 1. The van der Waals surface area contributed by atoms with Gasteiger partial charge < -0.3 is 24.7 Å². The molecule has 7 rings (SSSR count). The van der Waals surface area contributed by atoms with Crippen LogP contribution in [0.2, 0.25) is 0 Å². The first-order chi connectivity index (χ1) is 22.1. The van der Waals surface area contributed by atoms with E-state index in [4.69, 9.17) is 4.74 Å². The Kier molecular flexibility index (Phi) is 7.54. The summed E-state index contributed by atoms with van der Waals surface area (Å²) in [6.45, 7) is 6.94. The first-order valence-corrected chi connectivity index (χ1v) is 15.9. The van der Waals surface area contributed by atoms with Crippen LogP contribution in [0.4, 0.5) is 11.4 Å². The number of fused-ring (bicyclic) bond motifs is 2. The molecule has 1 spiro atoms. The van der Waals surface area contributed by atoms with Gasteiger partial charge in [0.15, 0.2) is 5.60 Å². The summed E-state index contributed by atoms with van der Waals surface area (Å²) in [4.78, 5) is 30.6. The Hall–Kier alpha value is -4.38. The van der Waals surface area contributed by atoms with Crippen LogP contribution < -0.4 is 9.80 Å². The lowest BCUT2D eigenvalue weighted by Gasteiger charge is -2.34. The van der Waals surface area contributed by atoms with Gasteiger partial charge in [-0.1, -0.05) is 72.8 Å². The standard InChI is InChI=1S/C36H39N5O5/c1-23-32(35(2,3)45)30(16-18-39-22-28(37-38-39)33(43)25-12-8-5-9-13-25)46-36(23)27-20-26(40-19-17-31(40)42)14-15-29(27)41(34(36)44)21-24-10-6-4-7-11-24/h4-15,20,22-23,30,32-33,43,45H,16-19,21H2,1-3H3/t23-,30+,32-,33+,36+/m0/s1. The molecule has 0 unspecified atom stereocenters. The molecule has 0 bridgehead atoms. The minimum atomic E-state index is -1.35. The van der Waals surface area contributed by atoms with Crippen molar-refractivity contribution in [1.29, 1.82) is 0 Å². The zero-order chi connectivity index (χ0) is 32.2. The first-order valence-electron chi connectivity index (χ1n) is 15.9. The Morgan fingerprint density at radius 3 is 2.41 bits per heavy atom. The topological polar surface area (TPSA) is 121 Å². The van der Waals surface area contributed by atoms with Crippen molar-refractivity contribution in [3.05, 3.63) is 107 Å². The number of hydrogen-bond donors (Lipinski definition) is 2. The van der Waals surface area contributed by atoms with Gasteiger partial charge >= 0.3 is 0 Å². The molecule has 1 aromatic heterocycles. The maximum atomic E-state index is 14.7. The van der Waals surface area contributed by atoms with Gasteiger partial charge in [-0.3, -0.25) is 14.3 Å². The zero-order valence-electron chi connectivity index (χ0n) is 26.3. The van der Waals surface area contributed by atoms with E-state index < -0.39 is 35.2 Å². The van der Waals surface area contributed by atoms with Gasteiger partial charge in [0.05, 0.1) is 30.1 Å². The number of anilines is 2. The molecule has 4 aromatic rings. The second-order valence-electron chi connectivity index (χ2n) is 13.2. The fraction of sp³-hybridized carbons (Fsp3) is 0.389. The lowest BCUT2D eigenvalue weighted by molar-refractivity contribution is -0.146. The molecule has 2 amide bonds. The largest absolute Gasteiger partial charge is 0.390 e. The van der Waals surface area contributed by atoms with Crippen LogP contribution in [0, 0.1) is 11.8 Å². The Balaban J connectivity index is 1.22. The quantitative estimate of drug-likeness (QED) is 0.267. The van der Waals surface area contributed by atoms with Crippen molar-refractivity contribution >= 4 is 23.2 Å². The van der Waals surface area contributed by atoms with Gasteiger partial charge in [-0.15, -0.1) is 5.10 Å². The van der Waals surface area contributed by atoms with Crippen molar-refractivity contribution in [2.75, 3.05) is 16.3 Å². The van der Waals surface area contributed by atoms with Crippen LogP contribution in [0.25, 0.3) is 0 Å². The smallest absolute Gasteiger partial charge is 0.264 e. The Labute approximate surface area is 268 Å². The SMILES string of the molecule is C[C@H]1[C@H](C(C)(C)O)[C@@H](CCn2cc([C@H](O)c3ccccc3)nn2)O[C@]12C(=O)N(Cc1ccccc1)c1ccc(N3CCC3=O)cc12. The number of amides is 2. The number of hydrogen-bond acceptors (Lipinski definition) is 7. The zero-order valence-corrected chi connectivity index (χ0v) is 26.3. The number of aromatic nitrogens is 3. The molecule has 2 fully saturated rings. The number of aryl methyl sites for hydroxylation is 1. The third-order valence-electron chi connectivity index (χ3n) is 9.91. The molecule has 2 N–H and O–H groups in total. The van der Waals surface area contributed by atoms with Crippen LogP contribution in [0.5, 0.6) is 0 Å². The Morgan fingerprint density at radius 2 is 1.76 bits per heavy atom. The number of carbonyl (C=O) groups excluding carboxylic acids is 2. The average Bonchev–Trinajstić information content (AvgIpc) is 3.70. The van der Waals surface area contributed by atoms with Crippen LogP contribution in [-0.2, 0) is 33.0 Å². The maximum absolute atomic E-state index is 14.7. The molecular formula is C36H39N5O5. The lowest BCUT2D eigenvalue weighted by Crippen LogP contribution is -2.46. The summed E-state index contributed by atoms with van der Waals surface area (Å²) in [5.41, 5.74) is 1.86. The second-order valence-corrected chi connectivity index (χ2v) is 13.2. The van der Waals surface area contributed by atoms with Gasteiger partial charge in [0.25, 0.3) is 5.91 Å². The highest BCUT2D eigenvalue weighted by Gasteiger charge is 2.65. The summed E-state index contributed by atoms with van der Waals surface area (Å²) in [7, 11) is 0. The van der Waals surface area contributed by atoms with E-state index >= 15 is 0 Å². The summed E-state index contributed by atoms with van der Waals surface area (Å²) in [5, 5.41) is 30.8. The van der Waals surface area contributed by atoms with E-state index in [1.165, 1.54) is 0 Å². The fourth-order valence-corrected chi connectivity index (χ4v) is 7.63. The van der Waals surface area contributed by atoms with Crippen molar-refractivity contribution in [3.8, 4) is 0 Å². The van der Waals surface area contributed by atoms with Crippen LogP contribution >= 0.6 is 0 Å².